The fourth-order valence-electron chi connectivity index (χ4n) is 2.20. The summed E-state index contributed by atoms with van der Waals surface area (Å²) in [5.74, 6) is 0.406. The van der Waals surface area contributed by atoms with Gasteiger partial charge in [0.15, 0.2) is 0 Å². The van der Waals surface area contributed by atoms with Crippen LogP contribution >= 0.6 is 0 Å². The van der Waals surface area contributed by atoms with Crippen molar-refractivity contribution in [2.24, 2.45) is 0 Å². The third kappa shape index (κ3) is 2.48. The van der Waals surface area contributed by atoms with E-state index < -0.39 is 9.84 Å². The van der Waals surface area contributed by atoms with Crippen LogP contribution < -0.4 is 5.73 Å². The van der Waals surface area contributed by atoms with E-state index in [4.69, 9.17) is 5.73 Å². The van der Waals surface area contributed by atoms with Crippen molar-refractivity contribution in [1.29, 1.82) is 0 Å². The van der Waals surface area contributed by atoms with Gasteiger partial charge in [0, 0.05) is 12.3 Å². The van der Waals surface area contributed by atoms with Crippen LogP contribution in [0.25, 0.3) is 11.0 Å². The van der Waals surface area contributed by atoms with E-state index >= 15 is 0 Å². The minimum atomic E-state index is -3.05. The van der Waals surface area contributed by atoms with Gasteiger partial charge in [-0.05, 0) is 31.5 Å². The Hall–Kier alpha value is -1.56. The van der Waals surface area contributed by atoms with E-state index in [9.17, 15) is 8.42 Å². The Morgan fingerprint density at radius 2 is 2.11 bits per heavy atom. The standard InChI is InChI=1S/C12H17N3O2S/c1-8-4-5-10-11(6-8)15(12(13)14-10)9(2)7-18(3,16)17/h4-6,9H,7H2,1-3H3,(H2,13,14). The summed E-state index contributed by atoms with van der Waals surface area (Å²) in [5, 5.41) is 0. The van der Waals surface area contributed by atoms with Crippen molar-refractivity contribution in [2.75, 3.05) is 17.7 Å². The van der Waals surface area contributed by atoms with Crippen molar-refractivity contribution in [2.45, 2.75) is 19.9 Å². The summed E-state index contributed by atoms with van der Waals surface area (Å²) in [4.78, 5) is 4.25. The number of rotatable bonds is 3. The lowest BCUT2D eigenvalue weighted by atomic mass is 10.2. The second-order valence-electron chi connectivity index (χ2n) is 4.77. The van der Waals surface area contributed by atoms with Crippen LogP contribution in [0, 0.1) is 6.92 Å². The minimum Gasteiger partial charge on any atom is -0.369 e. The van der Waals surface area contributed by atoms with E-state index in [-0.39, 0.29) is 11.8 Å². The second-order valence-corrected chi connectivity index (χ2v) is 6.96. The van der Waals surface area contributed by atoms with Gasteiger partial charge in [0.05, 0.1) is 16.8 Å². The largest absolute Gasteiger partial charge is 0.369 e. The summed E-state index contributed by atoms with van der Waals surface area (Å²) in [6.07, 6.45) is 1.23. The van der Waals surface area contributed by atoms with Gasteiger partial charge in [0.25, 0.3) is 0 Å². The van der Waals surface area contributed by atoms with Crippen molar-refractivity contribution >= 4 is 26.8 Å². The first kappa shape index (κ1) is 12.9. The SMILES string of the molecule is Cc1ccc2nc(N)n(C(C)CS(C)(=O)=O)c2c1. The van der Waals surface area contributed by atoms with E-state index in [1.54, 1.807) is 4.57 Å². The number of sulfone groups is 1. The third-order valence-electron chi connectivity index (χ3n) is 2.86. The Balaban J connectivity index is 2.56. The van der Waals surface area contributed by atoms with Crippen LogP contribution in [-0.4, -0.2) is 30.0 Å². The van der Waals surface area contributed by atoms with Gasteiger partial charge >= 0.3 is 0 Å². The molecule has 0 fully saturated rings. The van der Waals surface area contributed by atoms with Crippen molar-refractivity contribution < 1.29 is 8.42 Å². The lowest BCUT2D eigenvalue weighted by molar-refractivity contribution is 0.571. The van der Waals surface area contributed by atoms with Crippen LogP contribution in [0.3, 0.4) is 0 Å². The Bertz CT molecular complexity index is 689. The van der Waals surface area contributed by atoms with Gasteiger partial charge < -0.3 is 10.3 Å². The van der Waals surface area contributed by atoms with Gasteiger partial charge in [0.2, 0.25) is 5.95 Å². The Kier molecular flexibility index (Phi) is 3.06. The highest BCUT2D eigenvalue weighted by Gasteiger charge is 2.17. The molecule has 0 radical (unpaired) electrons. The van der Waals surface area contributed by atoms with Crippen LogP contribution in [0.5, 0.6) is 0 Å². The number of nitrogens with two attached hydrogens (primary N) is 1. The summed E-state index contributed by atoms with van der Waals surface area (Å²) < 4.78 is 24.5. The van der Waals surface area contributed by atoms with Gasteiger partial charge in [-0.2, -0.15) is 0 Å². The maximum atomic E-state index is 11.4. The first-order chi connectivity index (χ1) is 8.28. The van der Waals surface area contributed by atoms with Gasteiger partial charge in [-0.25, -0.2) is 13.4 Å². The molecule has 0 aliphatic heterocycles. The van der Waals surface area contributed by atoms with Crippen molar-refractivity contribution in [3.8, 4) is 0 Å². The molecule has 6 heteroatoms. The number of aromatic nitrogens is 2. The molecule has 5 nitrogen and oxygen atoms in total. The highest BCUT2D eigenvalue weighted by molar-refractivity contribution is 7.90. The van der Waals surface area contributed by atoms with E-state index in [0.29, 0.717) is 5.95 Å². The molecule has 0 bridgehead atoms. The molecule has 98 valence electrons. The summed E-state index contributed by atoms with van der Waals surface area (Å²) >= 11 is 0. The molecule has 0 aliphatic carbocycles. The molecule has 2 rings (SSSR count). The monoisotopic (exact) mass is 267 g/mol. The molecule has 0 saturated heterocycles. The Morgan fingerprint density at radius 3 is 2.72 bits per heavy atom. The number of hydrogen-bond acceptors (Lipinski definition) is 4. The Morgan fingerprint density at radius 1 is 1.44 bits per heavy atom. The number of fused-ring (bicyclic) bond motifs is 1. The summed E-state index contributed by atoms with van der Waals surface area (Å²) in [7, 11) is -3.05. The molecule has 1 unspecified atom stereocenters. The van der Waals surface area contributed by atoms with Crippen molar-refractivity contribution in [3.05, 3.63) is 23.8 Å². The summed E-state index contributed by atoms with van der Waals surface area (Å²) in [6, 6.07) is 5.59. The molecular weight excluding hydrogens is 250 g/mol. The molecule has 1 aromatic carbocycles. The molecule has 0 saturated carbocycles. The van der Waals surface area contributed by atoms with E-state index in [1.165, 1.54) is 6.26 Å². The molecule has 0 aliphatic rings. The maximum absolute atomic E-state index is 11.4. The van der Waals surface area contributed by atoms with Crippen LogP contribution in [0.15, 0.2) is 18.2 Å². The molecule has 1 aromatic heterocycles. The number of aryl methyl sites for hydroxylation is 1. The van der Waals surface area contributed by atoms with E-state index in [1.807, 2.05) is 32.0 Å². The van der Waals surface area contributed by atoms with Crippen LogP contribution in [0.1, 0.15) is 18.5 Å². The zero-order valence-corrected chi connectivity index (χ0v) is 11.5. The topological polar surface area (TPSA) is 78.0 Å². The van der Waals surface area contributed by atoms with E-state index in [2.05, 4.69) is 4.98 Å². The van der Waals surface area contributed by atoms with Gasteiger partial charge in [-0.1, -0.05) is 6.07 Å². The van der Waals surface area contributed by atoms with Gasteiger partial charge in [0.1, 0.15) is 9.84 Å². The van der Waals surface area contributed by atoms with Crippen LogP contribution in [0.2, 0.25) is 0 Å². The van der Waals surface area contributed by atoms with E-state index in [0.717, 1.165) is 16.6 Å². The molecule has 1 atom stereocenters. The molecule has 0 spiro atoms. The Labute approximate surface area is 107 Å². The highest BCUT2D eigenvalue weighted by atomic mass is 32.2. The predicted molar refractivity (Wildman–Crippen MR) is 73.3 cm³/mol. The number of anilines is 1. The smallest absolute Gasteiger partial charge is 0.201 e. The molecular formula is C12H17N3O2S. The normalized spacial score (nSPS) is 13.9. The van der Waals surface area contributed by atoms with Crippen molar-refractivity contribution in [1.82, 2.24) is 9.55 Å². The average molecular weight is 267 g/mol. The molecule has 0 amide bonds. The predicted octanol–water partition coefficient (Wildman–Crippen LogP) is 1.53. The van der Waals surface area contributed by atoms with Crippen LogP contribution in [0.4, 0.5) is 5.95 Å². The number of nitrogens with zero attached hydrogens (tertiary/aromatic N) is 2. The number of imidazole rings is 1. The second kappa shape index (κ2) is 4.28. The first-order valence-corrected chi connectivity index (χ1v) is 7.76. The molecule has 2 N–H and O–H groups in total. The minimum absolute atomic E-state index is 0.0522. The quantitative estimate of drug-likeness (QED) is 0.914. The van der Waals surface area contributed by atoms with Crippen LogP contribution in [-0.2, 0) is 9.84 Å². The maximum Gasteiger partial charge on any atom is 0.201 e. The number of nitrogen functional groups attached to an aromatic ring is 1. The fourth-order valence-corrected chi connectivity index (χ4v) is 3.22. The average Bonchev–Trinajstić information content (AvgIpc) is 2.50. The first-order valence-electron chi connectivity index (χ1n) is 5.70. The summed E-state index contributed by atoms with van der Waals surface area (Å²) in [6.45, 7) is 3.81. The van der Waals surface area contributed by atoms with Gasteiger partial charge in [-0.15, -0.1) is 0 Å². The summed E-state index contributed by atoms with van der Waals surface area (Å²) in [5.41, 5.74) is 8.64. The van der Waals surface area contributed by atoms with Crippen molar-refractivity contribution in [3.63, 3.8) is 0 Å². The lowest BCUT2D eigenvalue weighted by Crippen LogP contribution is -2.18. The molecule has 1 heterocycles. The zero-order chi connectivity index (χ0) is 13.5. The fraction of sp³-hybridized carbons (Fsp3) is 0.417. The molecule has 18 heavy (non-hydrogen) atoms. The number of benzene rings is 1. The highest BCUT2D eigenvalue weighted by Crippen LogP contribution is 2.24. The third-order valence-corrected chi connectivity index (χ3v) is 3.94. The zero-order valence-electron chi connectivity index (χ0n) is 10.7. The molecule has 2 aromatic rings. The van der Waals surface area contributed by atoms with Gasteiger partial charge in [-0.3, -0.25) is 0 Å². The number of hydrogen-bond donors (Lipinski definition) is 1. The lowest BCUT2D eigenvalue weighted by Gasteiger charge is -2.15.